The van der Waals surface area contributed by atoms with Crippen LogP contribution < -0.4 is 5.73 Å². The quantitative estimate of drug-likeness (QED) is 0.739. The standard InChI is InChI=1S/C12H23NO2/c1-12(2,3)10(13)8-4-6-9(7-5-8)11(14)15/h8-10H,4-7,13H2,1-3H3,(H,14,15). The van der Waals surface area contributed by atoms with Crippen molar-refractivity contribution in [2.24, 2.45) is 23.0 Å². The molecule has 0 spiro atoms. The summed E-state index contributed by atoms with van der Waals surface area (Å²) in [5, 5.41) is 8.89. The molecule has 0 radical (unpaired) electrons. The maximum absolute atomic E-state index is 10.8. The number of hydrogen-bond donors (Lipinski definition) is 2. The van der Waals surface area contributed by atoms with Gasteiger partial charge in [0.05, 0.1) is 5.92 Å². The Morgan fingerprint density at radius 1 is 1.27 bits per heavy atom. The van der Waals surface area contributed by atoms with Gasteiger partial charge in [-0.15, -0.1) is 0 Å². The second kappa shape index (κ2) is 4.52. The molecule has 0 aromatic rings. The predicted molar refractivity (Wildman–Crippen MR) is 60.5 cm³/mol. The lowest BCUT2D eigenvalue weighted by Gasteiger charge is -2.37. The Balaban J connectivity index is 2.47. The van der Waals surface area contributed by atoms with Gasteiger partial charge in [0.1, 0.15) is 0 Å². The van der Waals surface area contributed by atoms with Crippen LogP contribution in [-0.2, 0) is 4.79 Å². The molecular formula is C12H23NO2. The van der Waals surface area contributed by atoms with E-state index in [4.69, 9.17) is 10.8 Å². The lowest BCUT2D eigenvalue weighted by atomic mass is 9.71. The van der Waals surface area contributed by atoms with Crippen LogP contribution in [0.1, 0.15) is 46.5 Å². The fourth-order valence-corrected chi connectivity index (χ4v) is 2.43. The molecule has 1 rings (SSSR count). The van der Waals surface area contributed by atoms with Gasteiger partial charge in [0.15, 0.2) is 0 Å². The zero-order valence-electron chi connectivity index (χ0n) is 9.99. The molecule has 1 aliphatic rings. The van der Waals surface area contributed by atoms with E-state index in [1.54, 1.807) is 0 Å². The fraction of sp³-hybridized carbons (Fsp3) is 0.917. The first-order valence-electron chi connectivity index (χ1n) is 5.80. The molecule has 0 amide bonds. The third kappa shape index (κ3) is 3.20. The highest BCUT2D eigenvalue weighted by atomic mass is 16.4. The Morgan fingerprint density at radius 3 is 2.07 bits per heavy atom. The molecule has 3 nitrogen and oxygen atoms in total. The highest BCUT2D eigenvalue weighted by molar-refractivity contribution is 5.69. The van der Waals surface area contributed by atoms with Gasteiger partial charge in [-0.25, -0.2) is 0 Å². The van der Waals surface area contributed by atoms with E-state index < -0.39 is 5.97 Å². The van der Waals surface area contributed by atoms with Crippen LogP contribution >= 0.6 is 0 Å². The summed E-state index contributed by atoms with van der Waals surface area (Å²) in [6, 6.07) is 0.187. The van der Waals surface area contributed by atoms with Crippen molar-refractivity contribution in [1.82, 2.24) is 0 Å². The fourth-order valence-electron chi connectivity index (χ4n) is 2.43. The van der Waals surface area contributed by atoms with Crippen LogP contribution in [0.2, 0.25) is 0 Å². The summed E-state index contributed by atoms with van der Waals surface area (Å²) in [6.07, 6.45) is 3.53. The minimum Gasteiger partial charge on any atom is -0.481 e. The molecule has 0 aliphatic heterocycles. The van der Waals surface area contributed by atoms with E-state index in [-0.39, 0.29) is 17.4 Å². The van der Waals surface area contributed by atoms with Crippen LogP contribution in [0.3, 0.4) is 0 Å². The van der Waals surface area contributed by atoms with E-state index in [1.165, 1.54) is 0 Å². The number of carbonyl (C=O) groups is 1. The number of hydrogen-bond acceptors (Lipinski definition) is 2. The molecule has 0 saturated heterocycles. The van der Waals surface area contributed by atoms with Crippen molar-refractivity contribution in [2.75, 3.05) is 0 Å². The summed E-state index contributed by atoms with van der Waals surface area (Å²) >= 11 is 0. The van der Waals surface area contributed by atoms with Gasteiger partial charge < -0.3 is 10.8 Å². The molecule has 1 saturated carbocycles. The Bertz CT molecular complexity index is 224. The molecular weight excluding hydrogens is 190 g/mol. The van der Waals surface area contributed by atoms with Gasteiger partial charge in [-0.1, -0.05) is 20.8 Å². The van der Waals surface area contributed by atoms with Crippen LogP contribution in [0.15, 0.2) is 0 Å². The molecule has 1 unspecified atom stereocenters. The monoisotopic (exact) mass is 213 g/mol. The van der Waals surface area contributed by atoms with Gasteiger partial charge in [0, 0.05) is 6.04 Å². The smallest absolute Gasteiger partial charge is 0.306 e. The Morgan fingerprint density at radius 2 is 1.73 bits per heavy atom. The zero-order chi connectivity index (χ0) is 11.6. The lowest BCUT2D eigenvalue weighted by molar-refractivity contribution is -0.143. The lowest BCUT2D eigenvalue weighted by Crippen LogP contribution is -2.43. The second-order valence-corrected chi connectivity index (χ2v) is 5.84. The predicted octanol–water partition coefficient (Wildman–Crippen LogP) is 2.25. The number of carboxylic acids is 1. The van der Waals surface area contributed by atoms with E-state index in [0.29, 0.717) is 5.92 Å². The Kier molecular flexibility index (Phi) is 3.77. The van der Waals surface area contributed by atoms with Gasteiger partial charge in [0.2, 0.25) is 0 Å². The van der Waals surface area contributed by atoms with E-state index in [2.05, 4.69) is 20.8 Å². The van der Waals surface area contributed by atoms with Crippen molar-refractivity contribution >= 4 is 5.97 Å². The van der Waals surface area contributed by atoms with Gasteiger partial charge in [-0.3, -0.25) is 4.79 Å². The van der Waals surface area contributed by atoms with E-state index in [0.717, 1.165) is 25.7 Å². The highest BCUT2D eigenvalue weighted by Gasteiger charge is 2.33. The van der Waals surface area contributed by atoms with Gasteiger partial charge >= 0.3 is 5.97 Å². The Labute approximate surface area is 92.0 Å². The molecule has 3 N–H and O–H groups in total. The number of aliphatic carboxylic acids is 1. The average molecular weight is 213 g/mol. The number of rotatable bonds is 2. The first kappa shape index (κ1) is 12.5. The molecule has 1 atom stereocenters. The largest absolute Gasteiger partial charge is 0.481 e. The molecule has 0 aromatic carbocycles. The van der Waals surface area contributed by atoms with Crippen LogP contribution in [0.5, 0.6) is 0 Å². The summed E-state index contributed by atoms with van der Waals surface area (Å²) in [5.74, 6) is -0.271. The van der Waals surface area contributed by atoms with Crippen molar-refractivity contribution in [3.8, 4) is 0 Å². The summed E-state index contributed by atoms with van der Waals surface area (Å²) in [4.78, 5) is 10.8. The molecule has 88 valence electrons. The van der Waals surface area contributed by atoms with Crippen molar-refractivity contribution in [3.05, 3.63) is 0 Å². The molecule has 15 heavy (non-hydrogen) atoms. The minimum absolute atomic E-state index is 0.126. The van der Waals surface area contributed by atoms with Gasteiger partial charge in [-0.2, -0.15) is 0 Å². The summed E-state index contributed by atoms with van der Waals surface area (Å²) in [7, 11) is 0. The third-order valence-corrected chi connectivity index (χ3v) is 3.63. The van der Waals surface area contributed by atoms with Crippen LogP contribution in [0.4, 0.5) is 0 Å². The summed E-state index contributed by atoms with van der Waals surface area (Å²) in [5.41, 5.74) is 6.33. The minimum atomic E-state index is -0.641. The van der Waals surface area contributed by atoms with Gasteiger partial charge in [-0.05, 0) is 37.0 Å². The van der Waals surface area contributed by atoms with E-state index >= 15 is 0 Å². The highest BCUT2D eigenvalue weighted by Crippen LogP contribution is 2.35. The van der Waals surface area contributed by atoms with Crippen molar-refractivity contribution in [3.63, 3.8) is 0 Å². The SMILES string of the molecule is CC(C)(C)C(N)C1CCC(C(=O)O)CC1. The molecule has 0 bridgehead atoms. The van der Waals surface area contributed by atoms with E-state index in [9.17, 15) is 4.79 Å². The Hall–Kier alpha value is -0.570. The molecule has 0 heterocycles. The van der Waals surface area contributed by atoms with Crippen molar-refractivity contribution in [2.45, 2.75) is 52.5 Å². The molecule has 1 aliphatic carbocycles. The van der Waals surface area contributed by atoms with Gasteiger partial charge in [0.25, 0.3) is 0 Å². The second-order valence-electron chi connectivity index (χ2n) is 5.84. The molecule has 3 heteroatoms. The average Bonchev–Trinajstić information content (AvgIpc) is 2.15. The first-order chi connectivity index (χ1) is 6.82. The molecule has 1 fully saturated rings. The topological polar surface area (TPSA) is 63.3 Å². The van der Waals surface area contributed by atoms with Crippen molar-refractivity contribution in [1.29, 1.82) is 0 Å². The summed E-state index contributed by atoms with van der Waals surface area (Å²) < 4.78 is 0. The maximum Gasteiger partial charge on any atom is 0.306 e. The third-order valence-electron chi connectivity index (χ3n) is 3.63. The molecule has 0 aromatic heterocycles. The van der Waals surface area contributed by atoms with Crippen LogP contribution in [0.25, 0.3) is 0 Å². The van der Waals surface area contributed by atoms with Crippen LogP contribution in [0, 0.1) is 17.3 Å². The van der Waals surface area contributed by atoms with Crippen LogP contribution in [-0.4, -0.2) is 17.1 Å². The maximum atomic E-state index is 10.8. The summed E-state index contributed by atoms with van der Waals surface area (Å²) in [6.45, 7) is 6.46. The van der Waals surface area contributed by atoms with E-state index in [1.807, 2.05) is 0 Å². The first-order valence-corrected chi connectivity index (χ1v) is 5.80. The number of carboxylic acid groups (broad SMARTS) is 1. The zero-order valence-corrected chi connectivity index (χ0v) is 9.99. The van der Waals surface area contributed by atoms with Crippen molar-refractivity contribution < 1.29 is 9.90 Å². The normalized spacial score (nSPS) is 29.9. The number of nitrogens with two attached hydrogens (primary N) is 1.